The van der Waals surface area contributed by atoms with Gasteiger partial charge in [0.25, 0.3) is 0 Å². The van der Waals surface area contributed by atoms with E-state index in [1.54, 1.807) is 0 Å². The lowest BCUT2D eigenvalue weighted by Crippen LogP contribution is -2.57. The third-order valence-corrected chi connectivity index (χ3v) is 6.00. The Morgan fingerprint density at radius 1 is 1.12 bits per heavy atom. The summed E-state index contributed by atoms with van der Waals surface area (Å²) in [5, 5.41) is 20.2. The van der Waals surface area contributed by atoms with Crippen LogP contribution in [-0.2, 0) is 19.2 Å². The van der Waals surface area contributed by atoms with Gasteiger partial charge in [0, 0.05) is 12.3 Å². The van der Waals surface area contributed by atoms with Crippen molar-refractivity contribution in [2.75, 3.05) is 30.9 Å². The summed E-state index contributed by atoms with van der Waals surface area (Å²) >= 11 is 5.61. The number of nitrogens with one attached hydrogen (secondary N) is 4. The van der Waals surface area contributed by atoms with Gasteiger partial charge in [-0.15, -0.1) is 0 Å². The van der Waals surface area contributed by atoms with Gasteiger partial charge in [-0.1, -0.05) is 0 Å². The van der Waals surface area contributed by atoms with E-state index in [1.165, 1.54) is 11.8 Å². The topological polar surface area (TPSA) is 201 Å². The van der Waals surface area contributed by atoms with Crippen molar-refractivity contribution in [3.05, 3.63) is 0 Å². The van der Waals surface area contributed by atoms with Crippen LogP contribution < -0.4 is 32.7 Å². The first kappa shape index (κ1) is 28.8. The maximum Gasteiger partial charge on any atom is 0.326 e. The van der Waals surface area contributed by atoms with Crippen molar-refractivity contribution in [3.63, 3.8) is 0 Å². The molecule has 0 bridgehead atoms. The highest BCUT2D eigenvalue weighted by atomic mass is 32.2. The minimum absolute atomic E-state index is 0.0259. The van der Waals surface area contributed by atoms with Gasteiger partial charge >= 0.3 is 5.97 Å². The molecule has 1 aliphatic rings. The zero-order chi connectivity index (χ0) is 24.8. The number of guanidine groups is 1. The van der Waals surface area contributed by atoms with E-state index in [0.717, 1.165) is 13.0 Å². The molecule has 0 aromatic rings. The van der Waals surface area contributed by atoms with Crippen LogP contribution in [0.5, 0.6) is 0 Å². The number of carboxylic acids is 1. The largest absolute Gasteiger partial charge is 0.480 e. The van der Waals surface area contributed by atoms with Gasteiger partial charge in [0.2, 0.25) is 17.7 Å². The lowest BCUT2D eigenvalue weighted by Gasteiger charge is -2.24. The summed E-state index contributed by atoms with van der Waals surface area (Å²) in [6.45, 7) is 0.964. The van der Waals surface area contributed by atoms with Crippen LogP contribution in [0, 0.1) is 0 Å². The van der Waals surface area contributed by atoms with E-state index in [4.69, 9.17) is 11.5 Å². The van der Waals surface area contributed by atoms with E-state index in [9.17, 15) is 24.3 Å². The molecule has 14 heteroatoms. The van der Waals surface area contributed by atoms with Gasteiger partial charge in [-0.3, -0.25) is 19.4 Å². The molecule has 33 heavy (non-hydrogen) atoms. The fraction of sp³-hybridized carbons (Fsp3) is 0.737. The molecular formula is C19H35N7O5S2. The van der Waals surface area contributed by atoms with Crippen molar-refractivity contribution in [1.29, 1.82) is 0 Å². The predicted molar refractivity (Wildman–Crippen MR) is 131 cm³/mol. The first-order valence-electron chi connectivity index (χ1n) is 10.7. The van der Waals surface area contributed by atoms with Crippen molar-refractivity contribution < 1.29 is 24.3 Å². The molecule has 0 spiro atoms. The van der Waals surface area contributed by atoms with Crippen LogP contribution in [0.1, 0.15) is 32.1 Å². The fourth-order valence-corrected chi connectivity index (χ4v) is 3.91. The lowest BCUT2D eigenvalue weighted by atomic mass is 10.1. The fourth-order valence-electron chi connectivity index (χ4n) is 3.18. The number of hydrogen-bond acceptors (Lipinski definition) is 8. The van der Waals surface area contributed by atoms with Crippen molar-refractivity contribution in [1.82, 2.24) is 21.3 Å². The first-order chi connectivity index (χ1) is 15.7. The van der Waals surface area contributed by atoms with Gasteiger partial charge in [0.1, 0.15) is 18.1 Å². The number of carbonyl (C=O) groups is 4. The molecule has 4 unspecified atom stereocenters. The number of carboxylic acid groups (broad SMARTS) is 1. The van der Waals surface area contributed by atoms with Gasteiger partial charge in [0.15, 0.2) is 5.96 Å². The van der Waals surface area contributed by atoms with Gasteiger partial charge in [0.05, 0.1) is 6.04 Å². The Bertz CT molecular complexity index is 700. The number of carbonyl (C=O) groups excluding carboxylic acids is 3. The molecule has 0 saturated carbocycles. The van der Waals surface area contributed by atoms with E-state index in [0.29, 0.717) is 18.6 Å². The molecule has 1 rings (SSSR count). The van der Waals surface area contributed by atoms with Crippen LogP contribution in [0.25, 0.3) is 0 Å². The SMILES string of the molecule is CSCCC(NC(=O)C(CCCN=C(N)N)NC(=O)C(CS)NC(=O)C1CCCN1)C(=O)O. The highest BCUT2D eigenvalue weighted by Gasteiger charge is 2.30. The van der Waals surface area contributed by atoms with Crippen molar-refractivity contribution in [2.24, 2.45) is 16.5 Å². The number of thiol groups is 1. The molecule has 0 aromatic heterocycles. The zero-order valence-corrected chi connectivity index (χ0v) is 20.4. The molecule has 9 N–H and O–H groups in total. The van der Waals surface area contributed by atoms with Crippen LogP contribution in [0.4, 0.5) is 0 Å². The maximum absolute atomic E-state index is 12.8. The van der Waals surface area contributed by atoms with E-state index >= 15 is 0 Å². The van der Waals surface area contributed by atoms with E-state index in [2.05, 4.69) is 38.9 Å². The molecule has 0 aliphatic carbocycles. The summed E-state index contributed by atoms with van der Waals surface area (Å²) < 4.78 is 0. The second-order valence-electron chi connectivity index (χ2n) is 7.58. The summed E-state index contributed by atoms with van der Waals surface area (Å²) in [4.78, 5) is 53.4. The molecule has 0 radical (unpaired) electrons. The quantitative estimate of drug-likeness (QED) is 0.0537. The molecule has 4 atom stereocenters. The number of aliphatic imine (C=N–C) groups is 1. The van der Waals surface area contributed by atoms with Crippen molar-refractivity contribution >= 4 is 54.0 Å². The molecule has 12 nitrogen and oxygen atoms in total. The highest BCUT2D eigenvalue weighted by Crippen LogP contribution is 2.07. The number of rotatable bonds is 15. The second kappa shape index (κ2) is 15.6. The number of nitrogens with zero attached hydrogens (tertiary/aromatic N) is 1. The van der Waals surface area contributed by atoms with Crippen LogP contribution in [-0.4, -0.2) is 89.8 Å². The number of aliphatic carboxylic acids is 1. The number of hydrogen-bond donors (Lipinski definition) is 8. The summed E-state index contributed by atoms with van der Waals surface area (Å²) in [6.07, 6.45) is 4.15. The Labute approximate surface area is 203 Å². The average molecular weight is 506 g/mol. The van der Waals surface area contributed by atoms with E-state index in [-0.39, 0.29) is 43.0 Å². The third kappa shape index (κ3) is 11.0. The third-order valence-electron chi connectivity index (χ3n) is 5.00. The summed E-state index contributed by atoms with van der Waals surface area (Å²) in [5.41, 5.74) is 10.6. The van der Waals surface area contributed by atoms with Gasteiger partial charge in [-0.25, -0.2) is 4.79 Å². The Morgan fingerprint density at radius 3 is 2.33 bits per heavy atom. The van der Waals surface area contributed by atoms with E-state index in [1.807, 2.05) is 6.26 Å². The Hall–Kier alpha value is -2.19. The summed E-state index contributed by atoms with van der Waals surface area (Å²) in [5.74, 6) is -2.22. The average Bonchev–Trinajstić information content (AvgIpc) is 3.31. The molecule has 1 fully saturated rings. The normalized spacial score (nSPS) is 17.9. The van der Waals surface area contributed by atoms with Gasteiger partial charge < -0.3 is 37.8 Å². The first-order valence-corrected chi connectivity index (χ1v) is 12.7. The predicted octanol–water partition coefficient (Wildman–Crippen LogP) is -1.99. The number of thioether (sulfide) groups is 1. The molecule has 1 aliphatic heterocycles. The summed E-state index contributed by atoms with van der Waals surface area (Å²) in [6, 6.07) is -3.45. The Balaban J connectivity index is 2.83. The Morgan fingerprint density at radius 2 is 1.79 bits per heavy atom. The van der Waals surface area contributed by atoms with Crippen LogP contribution in [0.15, 0.2) is 4.99 Å². The van der Waals surface area contributed by atoms with Gasteiger partial charge in [-0.2, -0.15) is 24.4 Å². The zero-order valence-electron chi connectivity index (χ0n) is 18.7. The number of amides is 3. The van der Waals surface area contributed by atoms with E-state index < -0.39 is 35.9 Å². The summed E-state index contributed by atoms with van der Waals surface area (Å²) in [7, 11) is 0. The van der Waals surface area contributed by atoms with Crippen LogP contribution in [0.3, 0.4) is 0 Å². The Kier molecular flexibility index (Phi) is 13.6. The van der Waals surface area contributed by atoms with Gasteiger partial charge in [-0.05, 0) is 50.7 Å². The minimum atomic E-state index is -1.16. The maximum atomic E-state index is 12.8. The molecular weight excluding hydrogens is 470 g/mol. The minimum Gasteiger partial charge on any atom is -0.480 e. The molecule has 1 saturated heterocycles. The van der Waals surface area contributed by atoms with Crippen molar-refractivity contribution in [2.45, 2.75) is 56.3 Å². The van der Waals surface area contributed by atoms with Crippen molar-refractivity contribution in [3.8, 4) is 0 Å². The van der Waals surface area contributed by atoms with Crippen LogP contribution >= 0.6 is 24.4 Å². The van der Waals surface area contributed by atoms with Crippen LogP contribution in [0.2, 0.25) is 0 Å². The molecule has 3 amide bonds. The lowest BCUT2D eigenvalue weighted by molar-refractivity contribution is -0.142. The molecule has 0 aromatic carbocycles. The number of nitrogens with two attached hydrogens (primary N) is 2. The standard InChI is InChI=1S/C19H35N7O5S2/c1-33-9-6-13(18(30)31)25-16(28)12(5-3-8-23-19(20)21)24-17(29)14(10-32)26-15(27)11-4-2-7-22-11/h11-14,22,32H,2-10H2,1H3,(H,24,29)(H,25,28)(H,26,27)(H,30,31)(H4,20,21,23). The second-order valence-corrected chi connectivity index (χ2v) is 8.93. The highest BCUT2D eigenvalue weighted by molar-refractivity contribution is 7.98. The molecule has 1 heterocycles. The molecule has 188 valence electrons. The smallest absolute Gasteiger partial charge is 0.326 e. The monoisotopic (exact) mass is 505 g/mol.